The first kappa shape index (κ1) is 20.1. The number of nitrogens with one attached hydrogen (secondary N) is 1. The Bertz CT molecular complexity index is 564. The van der Waals surface area contributed by atoms with Crippen LogP contribution in [0.3, 0.4) is 0 Å². The summed E-state index contributed by atoms with van der Waals surface area (Å²) in [5.74, 6) is -0.337. The second kappa shape index (κ2) is 8.94. The van der Waals surface area contributed by atoms with Gasteiger partial charge in [0.2, 0.25) is 5.91 Å². The Morgan fingerprint density at radius 1 is 1.24 bits per heavy atom. The molecular weight excluding hydrogens is 347 g/mol. The molecule has 3 N–H and O–H groups in total. The summed E-state index contributed by atoms with van der Waals surface area (Å²) in [6.07, 6.45) is 2.70. The summed E-state index contributed by atoms with van der Waals surface area (Å²) in [5.41, 5.74) is 6.42. The van der Waals surface area contributed by atoms with Crippen molar-refractivity contribution in [2.45, 2.75) is 43.3 Å². The van der Waals surface area contributed by atoms with E-state index < -0.39 is 6.10 Å². The molecule has 7 heteroatoms. The number of benzene rings is 1. The minimum absolute atomic E-state index is 0. The number of rotatable bonds is 5. The molecule has 0 unspecified atom stereocenters. The Kier molecular flexibility index (Phi) is 7.19. The fourth-order valence-electron chi connectivity index (χ4n) is 3.58. The van der Waals surface area contributed by atoms with E-state index in [0.29, 0.717) is 32.7 Å². The highest BCUT2D eigenvalue weighted by Crippen LogP contribution is 2.34. The quantitative estimate of drug-likeness (QED) is 0.828. The zero-order chi connectivity index (χ0) is 17.0. The lowest BCUT2D eigenvalue weighted by Gasteiger charge is -2.38. The van der Waals surface area contributed by atoms with Gasteiger partial charge in [0.05, 0.1) is 6.10 Å². The van der Waals surface area contributed by atoms with Gasteiger partial charge >= 0.3 is 0 Å². The Morgan fingerprint density at radius 2 is 1.92 bits per heavy atom. The molecule has 2 atom stereocenters. The molecule has 25 heavy (non-hydrogen) atoms. The van der Waals surface area contributed by atoms with Gasteiger partial charge in [-0.1, -0.05) is 12.1 Å². The van der Waals surface area contributed by atoms with Crippen LogP contribution in [0.1, 0.15) is 31.2 Å². The predicted molar refractivity (Wildman–Crippen MR) is 95.3 cm³/mol. The van der Waals surface area contributed by atoms with E-state index in [-0.39, 0.29) is 35.7 Å². The van der Waals surface area contributed by atoms with E-state index in [1.807, 2.05) is 12.1 Å². The van der Waals surface area contributed by atoms with Crippen molar-refractivity contribution < 1.29 is 18.7 Å². The molecule has 0 aromatic heterocycles. The van der Waals surface area contributed by atoms with Crippen LogP contribution >= 0.6 is 12.4 Å². The highest BCUT2D eigenvalue weighted by Gasteiger charge is 2.36. The van der Waals surface area contributed by atoms with Gasteiger partial charge in [-0.05, 0) is 43.4 Å². The van der Waals surface area contributed by atoms with E-state index >= 15 is 0 Å². The van der Waals surface area contributed by atoms with Crippen molar-refractivity contribution in [3.05, 3.63) is 35.6 Å². The molecule has 2 aliphatic heterocycles. The van der Waals surface area contributed by atoms with Crippen LogP contribution in [-0.2, 0) is 19.7 Å². The van der Waals surface area contributed by atoms with Crippen LogP contribution < -0.4 is 11.1 Å². The molecule has 0 radical (unpaired) electrons. The van der Waals surface area contributed by atoms with Crippen molar-refractivity contribution in [1.29, 1.82) is 0 Å². The first-order valence-corrected chi connectivity index (χ1v) is 8.60. The Labute approximate surface area is 153 Å². The van der Waals surface area contributed by atoms with Crippen molar-refractivity contribution in [2.24, 2.45) is 5.73 Å². The fourth-order valence-corrected chi connectivity index (χ4v) is 3.58. The molecule has 5 nitrogen and oxygen atoms in total. The number of amides is 1. The molecule has 1 aromatic rings. The van der Waals surface area contributed by atoms with Gasteiger partial charge in [0.1, 0.15) is 11.9 Å². The molecule has 0 aliphatic carbocycles. The Morgan fingerprint density at radius 3 is 2.52 bits per heavy atom. The Hall–Kier alpha value is -1.21. The van der Waals surface area contributed by atoms with Crippen LogP contribution in [0.4, 0.5) is 4.39 Å². The van der Waals surface area contributed by atoms with Gasteiger partial charge in [-0.25, -0.2) is 4.39 Å². The maximum Gasteiger partial charge on any atom is 0.249 e. The average Bonchev–Trinajstić information content (AvgIpc) is 3.10. The number of hydrogen-bond donors (Lipinski definition) is 2. The van der Waals surface area contributed by atoms with Crippen LogP contribution in [0.25, 0.3) is 0 Å². The lowest BCUT2D eigenvalue weighted by Crippen LogP contribution is -2.47. The van der Waals surface area contributed by atoms with Crippen LogP contribution in [0.2, 0.25) is 0 Å². The van der Waals surface area contributed by atoms with Crippen molar-refractivity contribution in [3.63, 3.8) is 0 Å². The third-order valence-electron chi connectivity index (χ3n) is 5.17. The molecule has 140 valence electrons. The second-order valence-corrected chi connectivity index (χ2v) is 6.68. The summed E-state index contributed by atoms with van der Waals surface area (Å²) in [6, 6.07) is 6.56. The van der Waals surface area contributed by atoms with E-state index in [9.17, 15) is 9.18 Å². The van der Waals surface area contributed by atoms with Crippen LogP contribution in [0.15, 0.2) is 24.3 Å². The van der Waals surface area contributed by atoms with E-state index in [1.54, 1.807) is 0 Å². The van der Waals surface area contributed by atoms with Crippen LogP contribution in [0.5, 0.6) is 0 Å². The highest BCUT2D eigenvalue weighted by molar-refractivity contribution is 5.85. The SMILES string of the molecule is Cl.NC[C@H]1CC[C@@H](C(=O)NCC2(c3ccc(F)cc3)CCOCC2)O1. The van der Waals surface area contributed by atoms with Gasteiger partial charge in [0.25, 0.3) is 0 Å². The van der Waals surface area contributed by atoms with E-state index in [4.69, 9.17) is 15.2 Å². The van der Waals surface area contributed by atoms with Crippen LogP contribution in [0, 0.1) is 5.82 Å². The molecule has 2 aliphatic rings. The molecule has 0 saturated carbocycles. The average molecular weight is 373 g/mol. The van der Waals surface area contributed by atoms with Gasteiger partial charge in [0.15, 0.2) is 0 Å². The van der Waals surface area contributed by atoms with Crippen LogP contribution in [-0.4, -0.2) is 44.4 Å². The van der Waals surface area contributed by atoms with E-state index in [0.717, 1.165) is 24.8 Å². The normalized spacial score (nSPS) is 25.2. The maximum absolute atomic E-state index is 13.2. The molecular formula is C18H26ClFN2O3. The number of carbonyl (C=O) groups excluding carboxylic acids is 1. The molecule has 1 amide bonds. The zero-order valence-corrected chi connectivity index (χ0v) is 15.0. The molecule has 3 rings (SSSR count). The lowest BCUT2D eigenvalue weighted by atomic mass is 9.74. The molecule has 0 bridgehead atoms. The van der Waals surface area contributed by atoms with E-state index in [2.05, 4.69) is 5.32 Å². The summed E-state index contributed by atoms with van der Waals surface area (Å²) >= 11 is 0. The van der Waals surface area contributed by atoms with Crippen molar-refractivity contribution in [2.75, 3.05) is 26.3 Å². The molecule has 2 saturated heterocycles. The summed E-state index contributed by atoms with van der Waals surface area (Å²) in [7, 11) is 0. The number of ether oxygens (including phenoxy) is 2. The van der Waals surface area contributed by atoms with Gasteiger partial charge in [0, 0.05) is 31.7 Å². The third-order valence-corrected chi connectivity index (χ3v) is 5.17. The third kappa shape index (κ3) is 4.70. The topological polar surface area (TPSA) is 73.6 Å². The zero-order valence-electron chi connectivity index (χ0n) is 14.2. The van der Waals surface area contributed by atoms with Gasteiger partial charge in [-0.15, -0.1) is 12.4 Å². The number of nitrogens with two attached hydrogens (primary N) is 1. The standard InChI is InChI=1S/C18H25FN2O3.ClH/c19-14-3-1-13(2-4-14)18(7-9-23-10-8-18)12-21-17(22)16-6-5-15(11-20)24-16;/h1-4,15-16H,5-12,20H2,(H,21,22);1H/t15-,16+;/m1./s1. The van der Waals surface area contributed by atoms with Gasteiger partial charge < -0.3 is 20.5 Å². The number of carbonyl (C=O) groups is 1. The highest BCUT2D eigenvalue weighted by atomic mass is 35.5. The lowest BCUT2D eigenvalue weighted by molar-refractivity contribution is -0.132. The van der Waals surface area contributed by atoms with Crippen molar-refractivity contribution >= 4 is 18.3 Å². The second-order valence-electron chi connectivity index (χ2n) is 6.68. The van der Waals surface area contributed by atoms with E-state index in [1.165, 1.54) is 12.1 Å². The first-order chi connectivity index (χ1) is 11.6. The van der Waals surface area contributed by atoms with Gasteiger partial charge in [-0.2, -0.15) is 0 Å². The largest absolute Gasteiger partial charge is 0.381 e. The summed E-state index contributed by atoms with van der Waals surface area (Å²) in [5, 5.41) is 3.04. The minimum Gasteiger partial charge on any atom is -0.381 e. The van der Waals surface area contributed by atoms with Crippen molar-refractivity contribution in [1.82, 2.24) is 5.32 Å². The predicted octanol–water partition coefficient (Wildman–Crippen LogP) is 1.92. The molecule has 1 aromatic carbocycles. The van der Waals surface area contributed by atoms with Crippen molar-refractivity contribution in [3.8, 4) is 0 Å². The van der Waals surface area contributed by atoms with Gasteiger partial charge in [-0.3, -0.25) is 4.79 Å². The fraction of sp³-hybridized carbons (Fsp3) is 0.611. The molecule has 2 heterocycles. The first-order valence-electron chi connectivity index (χ1n) is 8.60. The number of hydrogen-bond acceptors (Lipinski definition) is 4. The molecule has 2 fully saturated rings. The Balaban J connectivity index is 0.00000225. The number of halogens is 2. The smallest absolute Gasteiger partial charge is 0.249 e. The maximum atomic E-state index is 13.2. The molecule has 0 spiro atoms. The summed E-state index contributed by atoms with van der Waals surface area (Å²) < 4.78 is 24.4. The monoisotopic (exact) mass is 372 g/mol. The minimum atomic E-state index is -0.413. The summed E-state index contributed by atoms with van der Waals surface area (Å²) in [4.78, 5) is 12.4. The summed E-state index contributed by atoms with van der Waals surface area (Å²) in [6.45, 7) is 2.24.